The topological polar surface area (TPSA) is 77.2 Å². The zero-order valence-corrected chi connectivity index (χ0v) is 17.8. The minimum atomic E-state index is -0.527. The van der Waals surface area contributed by atoms with Crippen molar-refractivity contribution in [2.45, 2.75) is 32.7 Å². The molecule has 3 aromatic rings. The first kappa shape index (κ1) is 20.3. The van der Waals surface area contributed by atoms with Crippen LogP contribution in [0.4, 0.5) is 0 Å². The molecule has 0 atom stereocenters. The largest absolute Gasteiger partial charge is 0.339 e. The zero-order chi connectivity index (χ0) is 21.4. The lowest BCUT2D eigenvalue weighted by Gasteiger charge is -2.27. The van der Waals surface area contributed by atoms with Crippen LogP contribution in [0, 0.1) is 6.92 Å². The van der Waals surface area contributed by atoms with Crippen LogP contribution in [0.3, 0.4) is 0 Å². The molecule has 156 valence electrons. The van der Waals surface area contributed by atoms with Crippen molar-refractivity contribution in [1.82, 2.24) is 19.0 Å². The molecule has 1 aliphatic rings. The third-order valence-electron chi connectivity index (χ3n) is 5.58. The van der Waals surface area contributed by atoms with Crippen molar-refractivity contribution in [3.63, 3.8) is 0 Å². The van der Waals surface area contributed by atoms with Crippen LogP contribution in [0.5, 0.6) is 0 Å². The first-order chi connectivity index (χ1) is 14.4. The summed E-state index contributed by atoms with van der Waals surface area (Å²) in [5.41, 5.74) is 0.735. The van der Waals surface area contributed by atoms with E-state index in [-0.39, 0.29) is 23.5 Å². The van der Waals surface area contributed by atoms with Gasteiger partial charge in [-0.25, -0.2) is 9.78 Å². The van der Waals surface area contributed by atoms with Crippen LogP contribution >= 0.6 is 11.6 Å². The number of amides is 1. The smallest absolute Gasteiger partial charge is 0.332 e. The third kappa shape index (κ3) is 3.54. The number of halogens is 1. The Morgan fingerprint density at radius 2 is 1.83 bits per heavy atom. The lowest BCUT2D eigenvalue weighted by molar-refractivity contribution is 0.0726. The number of benzene rings is 1. The second-order valence-corrected chi connectivity index (χ2v) is 8.09. The molecule has 7 nitrogen and oxygen atoms in total. The molecule has 0 aliphatic carbocycles. The lowest BCUT2D eigenvalue weighted by atomic mass is 10.1. The van der Waals surface area contributed by atoms with Crippen LogP contribution in [-0.2, 0) is 13.6 Å². The predicted octanol–water partition coefficient (Wildman–Crippen LogP) is 2.73. The van der Waals surface area contributed by atoms with Crippen LogP contribution in [0.25, 0.3) is 11.0 Å². The van der Waals surface area contributed by atoms with Gasteiger partial charge in [0.1, 0.15) is 5.65 Å². The minimum absolute atomic E-state index is 0.0202. The number of hydrogen-bond acceptors (Lipinski definition) is 4. The summed E-state index contributed by atoms with van der Waals surface area (Å²) in [5.74, 6) is -0.190. The Balaban J connectivity index is 1.94. The van der Waals surface area contributed by atoms with Gasteiger partial charge in [-0.2, -0.15) is 0 Å². The van der Waals surface area contributed by atoms with Crippen LogP contribution < -0.4 is 11.2 Å². The normalized spacial score (nSPS) is 14.3. The van der Waals surface area contributed by atoms with Gasteiger partial charge in [-0.05, 0) is 43.9 Å². The van der Waals surface area contributed by atoms with Crippen LogP contribution in [0.15, 0.2) is 39.9 Å². The van der Waals surface area contributed by atoms with E-state index in [0.29, 0.717) is 34.9 Å². The Hall–Kier alpha value is -2.93. The Bertz CT molecular complexity index is 1260. The van der Waals surface area contributed by atoms with E-state index in [1.165, 1.54) is 4.57 Å². The van der Waals surface area contributed by atoms with E-state index in [9.17, 15) is 14.4 Å². The van der Waals surface area contributed by atoms with Gasteiger partial charge in [0.25, 0.3) is 11.5 Å². The van der Waals surface area contributed by atoms with Gasteiger partial charge in [0.05, 0.1) is 17.5 Å². The number of aromatic nitrogens is 3. The van der Waals surface area contributed by atoms with Crippen LogP contribution in [0.1, 0.15) is 40.9 Å². The number of aryl methyl sites for hydroxylation is 2. The lowest BCUT2D eigenvalue weighted by Crippen LogP contribution is -2.41. The molecule has 0 N–H and O–H groups in total. The molecule has 1 amide bonds. The number of likely N-dealkylation sites (tertiary alicyclic amines) is 1. The zero-order valence-electron chi connectivity index (χ0n) is 17.0. The van der Waals surface area contributed by atoms with Crippen LogP contribution in [0.2, 0.25) is 5.02 Å². The maximum absolute atomic E-state index is 13.4. The summed E-state index contributed by atoms with van der Waals surface area (Å²) in [6.45, 7) is 3.11. The van der Waals surface area contributed by atoms with Crippen molar-refractivity contribution >= 4 is 28.5 Å². The molecular weight excluding hydrogens is 404 g/mol. The van der Waals surface area contributed by atoms with Crippen LogP contribution in [-0.4, -0.2) is 38.0 Å². The number of nitrogens with zero attached hydrogens (tertiary/aromatic N) is 4. The summed E-state index contributed by atoms with van der Waals surface area (Å²) in [5, 5.41) is 0.642. The summed E-state index contributed by atoms with van der Waals surface area (Å²) in [4.78, 5) is 45.9. The number of rotatable bonds is 3. The minimum Gasteiger partial charge on any atom is -0.339 e. The maximum atomic E-state index is 13.4. The highest BCUT2D eigenvalue weighted by Gasteiger charge is 2.25. The van der Waals surface area contributed by atoms with E-state index < -0.39 is 11.2 Å². The molecule has 1 aromatic carbocycles. The van der Waals surface area contributed by atoms with Gasteiger partial charge >= 0.3 is 5.69 Å². The first-order valence-corrected chi connectivity index (χ1v) is 10.4. The molecular formula is C22H23ClN4O3. The third-order valence-corrected chi connectivity index (χ3v) is 5.95. The summed E-state index contributed by atoms with van der Waals surface area (Å²) in [6, 6.07) is 8.71. The van der Waals surface area contributed by atoms with Crippen molar-refractivity contribution in [1.29, 1.82) is 0 Å². The van der Waals surface area contributed by atoms with Crippen molar-refractivity contribution in [3.05, 3.63) is 73.0 Å². The fraction of sp³-hybridized carbons (Fsp3) is 0.364. The standard InChI is InChI=1S/C22H23ClN4O3/c1-14-12-16(20(28)26-10-6-3-7-11-26)18-19(24-14)25(2)22(30)27(21(18)29)13-15-8-4-5-9-17(15)23/h4-5,8-9,12H,3,6-7,10-11,13H2,1-2H3. The Kier molecular flexibility index (Phi) is 5.47. The number of carbonyl (C=O) groups is 1. The van der Waals surface area contributed by atoms with Crippen molar-refractivity contribution in [2.75, 3.05) is 13.1 Å². The van der Waals surface area contributed by atoms with E-state index in [2.05, 4.69) is 4.98 Å². The van der Waals surface area contributed by atoms with E-state index >= 15 is 0 Å². The molecule has 1 saturated heterocycles. The van der Waals surface area contributed by atoms with Gasteiger partial charge in [0.2, 0.25) is 0 Å². The average Bonchev–Trinajstić information content (AvgIpc) is 2.75. The number of fused-ring (bicyclic) bond motifs is 1. The SMILES string of the molecule is Cc1cc(C(=O)N2CCCCC2)c2c(=O)n(Cc3ccccc3Cl)c(=O)n(C)c2n1. The Morgan fingerprint density at radius 3 is 2.53 bits per heavy atom. The molecule has 2 aromatic heterocycles. The molecule has 8 heteroatoms. The van der Waals surface area contributed by atoms with Gasteiger partial charge in [0, 0.05) is 30.9 Å². The monoisotopic (exact) mass is 426 g/mol. The quantitative estimate of drug-likeness (QED) is 0.645. The number of hydrogen-bond donors (Lipinski definition) is 0. The highest BCUT2D eigenvalue weighted by atomic mass is 35.5. The molecule has 1 fully saturated rings. The van der Waals surface area contributed by atoms with E-state index in [0.717, 1.165) is 23.8 Å². The average molecular weight is 427 g/mol. The van der Waals surface area contributed by atoms with Crippen molar-refractivity contribution < 1.29 is 4.79 Å². The van der Waals surface area contributed by atoms with E-state index in [1.807, 2.05) is 0 Å². The predicted molar refractivity (Wildman–Crippen MR) is 116 cm³/mol. The molecule has 0 radical (unpaired) electrons. The molecule has 0 saturated carbocycles. The molecule has 0 bridgehead atoms. The molecule has 1 aliphatic heterocycles. The van der Waals surface area contributed by atoms with Gasteiger partial charge in [0.15, 0.2) is 0 Å². The fourth-order valence-corrected chi connectivity index (χ4v) is 4.17. The second kappa shape index (κ2) is 8.07. The number of pyridine rings is 1. The highest BCUT2D eigenvalue weighted by molar-refractivity contribution is 6.31. The van der Waals surface area contributed by atoms with Gasteiger partial charge < -0.3 is 4.90 Å². The molecule has 4 rings (SSSR count). The Labute approximate surface area is 178 Å². The molecule has 0 spiro atoms. The maximum Gasteiger partial charge on any atom is 0.332 e. The van der Waals surface area contributed by atoms with Crippen molar-refractivity contribution in [2.24, 2.45) is 7.05 Å². The van der Waals surface area contributed by atoms with Gasteiger partial charge in [-0.15, -0.1) is 0 Å². The van der Waals surface area contributed by atoms with E-state index in [4.69, 9.17) is 11.6 Å². The Morgan fingerprint density at radius 1 is 1.13 bits per heavy atom. The molecule has 0 unspecified atom stereocenters. The summed E-state index contributed by atoms with van der Waals surface area (Å²) < 4.78 is 2.45. The number of piperidine rings is 1. The highest BCUT2D eigenvalue weighted by Crippen LogP contribution is 2.20. The van der Waals surface area contributed by atoms with E-state index in [1.54, 1.807) is 49.2 Å². The first-order valence-electron chi connectivity index (χ1n) is 10.0. The summed E-state index contributed by atoms with van der Waals surface area (Å²) in [6.07, 6.45) is 2.99. The van der Waals surface area contributed by atoms with Gasteiger partial charge in [-0.3, -0.25) is 18.7 Å². The summed E-state index contributed by atoms with van der Waals surface area (Å²) >= 11 is 6.24. The van der Waals surface area contributed by atoms with Crippen molar-refractivity contribution in [3.8, 4) is 0 Å². The number of carbonyl (C=O) groups excluding carboxylic acids is 1. The summed E-state index contributed by atoms with van der Waals surface area (Å²) in [7, 11) is 1.56. The molecule has 30 heavy (non-hydrogen) atoms. The second-order valence-electron chi connectivity index (χ2n) is 7.69. The van der Waals surface area contributed by atoms with Gasteiger partial charge in [-0.1, -0.05) is 29.8 Å². The molecule has 3 heterocycles. The fourth-order valence-electron chi connectivity index (χ4n) is 3.98.